The van der Waals surface area contributed by atoms with Gasteiger partial charge in [-0.25, -0.2) is 0 Å². The quantitative estimate of drug-likeness (QED) is 0.651. The second-order valence-electron chi connectivity index (χ2n) is 3.14. The lowest BCUT2D eigenvalue weighted by Gasteiger charge is -2.02. The highest BCUT2D eigenvalue weighted by atomic mass is 14.6. The summed E-state index contributed by atoms with van der Waals surface area (Å²) in [4.78, 5) is 4.10. The predicted octanol–water partition coefficient (Wildman–Crippen LogP) is 5.24. The lowest BCUT2D eigenvalue weighted by Crippen LogP contribution is -1.82. The minimum absolute atomic E-state index is 1.16. The molecule has 0 saturated carbocycles. The Morgan fingerprint density at radius 1 is 1.12 bits per heavy atom. The van der Waals surface area contributed by atoms with Crippen LogP contribution < -0.4 is 0 Å². The van der Waals surface area contributed by atoms with E-state index in [4.69, 9.17) is 0 Å². The van der Waals surface area contributed by atoms with Crippen molar-refractivity contribution in [3.8, 4) is 0 Å². The maximum atomic E-state index is 4.10. The van der Waals surface area contributed by atoms with Gasteiger partial charge in [-0.3, -0.25) is 4.98 Å². The van der Waals surface area contributed by atoms with E-state index >= 15 is 0 Å². The molecule has 1 nitrogen and oxygen atoms in total. The van der Waals surface area contributed by atoms with Gasteiger partial charge < -0.3 is 0 Å². The third kappa shape index (κ3) is 4.03. The van der Waals surface area contributed by atoms with Crippen LogP contribution in [0.2, 0.25) is 0 Å². The van der Waals surface area contributed by atoms with Gasteiger partial charge in [0, 0.05) is 17.8 Å². The van der Waals surface area contributed by atoms with E-state index in [1.807, 2.05) is 52.2 Å². The van der Waals surface area contributed by atoms with E-state index in [1.54, 1.807) is 0 Å². The number of aromatic nitrogens is 1. The fraction of sp³-hybridized carbons (Fsp3) is 0.312. The summed E-state index contributed by atoms with van der Waals surface area (Å²) in [5, 5.41) is 2.44. The van der Waals surface area contributed by atoms with Crippen LogP contribution in [0.5, 0.6) is 0 Å². The molecule has 2 rings (SSSR count). The van der Waals surface area contributed by atoms with Crippen LogP contribution in [0.15, 0.2) is 37.2 Å². The summed E-state index contributed by atoms with van der Waals surface area (Å²) in [5.74, 6) is 0. The van der Waals surface area contributed by atoms with Crippen LogP contribution in [-0.4, -0.2) is 4.98 Å². The molecule has 0 radical (unpaired) electrons. The molecule has 0 unspecified atom stereocenters. The van der Waals surface area contributed by atoms with Crippen LogP contribution in [0, 0.1) is 6.92 Å². The van der Waals surface area contributed by atoms with Gasteiger partial charge in [0.15, 0.2) is 0 Å². The van der Waals surface area contributed by atoms with E-state index in [9.17, 15) is 0 Å². The monoisotopic (exact) mass is 229 g/mol. The lowest BCUT2D eigenvalue weighted by molar-refractivity contribution is 1.35. The molecule has 0 N–H and O–H groups in total. The molecular weight excluding hydrogens is 206 g/mol. The number of hydrogen-bond acceptors (Lipinski definition) is 1. The number of fused-ring (bicyclic) bond motifs is 1. The van der Waals surface area contributed by atoms with E-state index in [1.165, 1.54) is 16.3 Å². The molecule has 0 bridgehead atoms. The first kappa shape index (κ1) is 15.4. The SMILES string of the molecule is C=Cc1cc(C)c2cnccc2c1.CC.CC. The molecule has 0 amide bonds. The fourth-order valence-electron chi connectivity index (χ4n) is 1.53. The topological polar surface area (TPSA) is 12.9 Å². The van der Waals surface area contributed by atoms with Gasteiger partial charge in [-0.1, -0.05) is 46.4 Å². The number of aryl methyl sites for hydroxylation is 1. The van der Waals surface area contributed by atoms with Gasteiger partial charge in [0.1, 0.15) is 0 Å². The van der Waals surface area contributed by atoms with E-state index in [0.717, 1.165) is 5.56 Å². The van der Waals surface area contributed by atoms with E-state index in [0.29, 0.717) is 0 Å². The van der Waals surface area contributed by atoms with Gasteiger partial charge in [-0.15, -0.1) is 0 Å². The maximum Gasteiger partial charge on any atom is 0.0349 e. The highest BCUT2D eigenvalue weighted by molar-refractivity contribution is 5.86. The van der Waals surface area contributed by atoms with Crippen molar-refractivity contribution in [1.82, 2.24) is 4.98 Å². The first-order valence-corrected chi connectivity index (χ1v) is 6.28. The van der Waals surface area contributed by atoms with Crippen molar-refractivity contribution in [2.24, 2.45) is 0 Å². The predicted molar refractivity (Wildman–Crippen MR) is 79.3 cm³/mol. The minimum atomic E-state index is 1.16. The zero-order chi connectivity index (χ0) is 13.3. The van der Waals surface area contributed by atoms with Crippen LogP contribution in [0.4, 0.5) is 0 Å². The van der Waals surface area contributed by atoms with Gasteiger partial charge in [-0.05, 0) is 35.6 Å². The molecule has 1 heterocycles. The van der Waals surface area contributed by atoms with E-state index < -0.39 is 0 Å². The van der Waals surface area contributed by atoms with Crippen molar-refractivity contribution in [1.29, 1.82) is 0 Å². The molecule has 0 fully saturated rings. The number of benzene rings is 1. The molecule has 1 heteroatoms. The minimum Gasteiger partial charge on any atom is -0.264 e. The summed E-state index contributed by atoms with van der Waals surface area (Å²) in [5.41, 5.74) is 2.41. The van der Waals surface area contributed by atoms with Gasteiger partial charge in [-0.2, -0.15) is 0 Å². The van der Waals surface area contributed by atoms with Gasteiger partial charge in [0.25, 0.3) is 0 Å². The second kappa shape index (κ2) is 8.51. The molecule has 0 spiro atoms. The summed E-state index contributed by atoms with van der Waals surface area (Å²) in [7, 11) is 0. The summed E-state index contributed by atoms with van der Waals surface area (Å²) in [6.45, 7) is 13.9. The maximum absolute atomic E-state index is 4.10. The van der Waals surface area contributed by atoms with Gasteiger partial charge in [0.05, 0.1) is 0 Å². The Morgan fingerprint density at radius 2 is 1.76 bits per heavy atom. The molecule has 17 heavy (non-hydrogen) atoms. The third-order valence-electron chi connectivity index (χ3n) is 2.22. The molecule has 0 aliphatic rings. The number of pyridine rings is 1. The molecule has 92 valence electrons. The fourth-order valence-corrected chi connectivity index (χ4v) is 1.53. The first-order chi connectivity index (χ1) is 8.31. The number of hydrogen-bond donors (Lipinski definition) is 0. The molecule has 0 aliphatic heterocycles. The first-order valence-electron chi connectivity index (χ1n) is 6.28. The normalized spacial score (nSPS) is 8.53. The Labute approximate surface area is 105 Å². The van der Waals surface area contributed by atoms with Crippen LogP contribution in [0.3, 0.4) is 0 Å². The Balaban J connectivity index is 0.000000581. The van der Waals surface area contributed by atoms with Crippen molar-refractivity contribution in [3.63, 3.8) is 0 Å². The average Bonchev–Trinajstić information content (AvgIpc) is 2.43. The Morgan fingerprint density at radius 3 is 2.35 bits per heavy atom. The van der Waals surface area contributed by atoms with E-state index in [-0.39, 0.29) is 0 Å². The average molecular weight is 229 g/mol. The van der Waals surface area contributed by atoms with Crippen molar-refractivity contribution >= 4 is 16.8 Å². The van der Waals surface area contributed by atoms with Crippen LogP contribution in [0.25, 0.3) is 16.8 Å². The molecule has 2 aromatic rings. The van der Waals surface area contributed by atoms with Crippen LogP contribution >= 0.6 is 0 Å². The smallest absolute Gasteiger partial charge is 0.0349 e. The zero-order valence-electron chi connectivity index (χ0n) is 11.6. The Bertz CT molecular complexity index is 458. The molecule has 0 saturated heterocycles. The summed E-state index contributed by atoms with van der Waals surface area (Å²) >= 11 is 0. The molecule has 1 aromatic heterocycles. The van der Waals surface area contributed by atoms with Crippen molar-refractivity contribution in [2.45, 2.75) is 34.6 Å². The third-order valence-corrected chi connectivity index (χ3v) is 2.22. The van der Waals surface area contributed by atoms with Gasteiger partial charge >= 0.3 is 0 Å². The summed E-state index contributed by atoms with van der Waals surface area (Å²) in [6, 6.07) is 6.27. The van der Waals surface area contributed by atoms with Crippen LogP contribution in [-0.2, 0) is 0 Å². The summed E-state index contributed by atoms with van der Waals surface area (Å²) in [6.07, 6.45) is 5.58. The largest absolute Gasteiger partial charge is 0.264 e. The number of rotatable bonds is 1. The van der Waals surface area contributed by atoms with Crippen molar-refractivity contribution in [2.75, 3.05) is 0 Å². The Hall–Kier alpha value is -1.63. The second-order valence-corrected chi connectivity index (χ2v) is 3.14. The number of nitrogens with zero attached hydrogens (tertiary/aromatic N) is 1. The zero-order valence-corrected chi connectivity index (χ0v) is 11.6. The van der Waals surface area contributed by atoms with Crippen molar-refractivity contribution < 1.29 is 0 Å². The molecule has 0 atom stereocenters. The molecular formula is C16H23N. The highest BCUT2D eigenvalue weighted by Gasteiger charge is 1.97. The van der Waals surface area contributed by atoms with Gasteiger partial charge in [0.2, 0.25) is 0 Å². The standard InChI is InChI=1S/C12H11N.2C2H6/c1-3-10-6-9(2)12-8-13-5-4-11(12)7-10;2*1-2/h3-8H,1H2,2H3;2*1-2H3. The highest BCUT2D eigenvalue weighted by Crippen LogP contribution is 2.19. The van der Waals surface area contributed by atoms with E-state index in [2.05, 4.69) is 30.6 Å². The molecule has 1 aromatic carbocycles. The summed E-state index contributed by atoms with van der Waals surface area (Å²) < 4.78 is 0. The lowest BCUT2D eigenvalue weighted by atomic mass is 10.0. The Kier molecular flexibility index (Phi) is 7.70. The van der Waals surface area contributed by atoms with Crippen LogP contribution in [0.1, 0.15) is 38.8 Å². The van der Waals surface area contributed by atoms with Crippen molar-refractivity contribution in [3.05, 3.63) is 48.3 Å². The molecule has 0 aliphatic carbocycles.